The summed E-state index contributed by atoms with van der Waals surface area (Å²) in [6, 6.07) is 13.1. The maximum Gasteiger partial charge on any atom is 0.325 e. The average molecular weight is 479 g/mol. The molecule has 0 radical (unpaired) electrons. The van der Waals surface area contributed by atoms with Crippen molar-refractivity contribution in [2.75, 3.05) is 39.4 Å². The summed E-state index contributed by atoms with van der Waals surface area (Å²) in [6.07, 6.45) is 5.58. The highest BCUT2D eigenvalue weighted by atomic mass is 16.5. The van der Waals surface area contributed by atoms with E-state index < -0.39 is 17.5 Å². The third kappa shape index (κ3) is 4.52. The van der Waals surface area contributed by atoms with Gasteiger partial charge >= 0.3 is 6.03 Å². The van der Waals surface area contributed by atoms with E-state index in [9.17, 15) is 14.4 Å². The van der Waals surface area contributed by atoms with E-state index in [-0.39, 0.29) is 18.0 Å². The summed E-state index contributed by atoms with van der Waals surface area (Å²) in [5, 5.41) is 7.92. The standard InChI is InChI=1S/C27H34N4O4/c1-26(22-10-9-20-7-3-4-8-21(20)17-22)24(33)31(25(34)29-26)18-23(32)28-19-27(11-5-2-6-12-27)30-13-15-35-16-14-30/h3-4,7-10,17H,2,5-6,11-16,18-19H2,1H3,(H,28,32)(H,29,34). The lowest BCUT2D eigenvalue weighted by atomic mass is 9.79. The molecule has 0 bridgehead atoms. The average Bonchev–Trinajstić information content (AvgIpc) is 3.12. The maximum absolute atomic E-state index is 13.4. The largest absolute Gasteiger partial charge is 0.379 e. The Morgan fingerprint density at radius 3 is 2.49 bits per heavy atom. The van der Waals surface area contributed by atoms with E-state index >= 15 is 0 Å². The molecule has 2 heterocycles. The molecule has 2 N–H and O–H groups in total. The number of nitrogens with zero attached hydrogens (tertiary/aromatic N) is 2. The van der Waals surface area contributed by atoms with Crippen molar-refractivity contribution < 1.29 is 19.1 Å². The highest BCUT2D eigenvalue weighted by Crippen LogP contribution is 2.34. The van der Waals surface area contributed by atoms with Gasteiger partial charge in [-0.05, 0) is 42.2 Å². The van der Waals surface area contributed by atoms with Gasteiger partial charge in [0.2, 0.25) is 5.91 Å². The van der Waals surface area contributed by atoms with Crippen LogP contribution in [0.3, 0.4) is 0 Å². The third-order valence-electron chi connectivity index (χ3n) is 7.98. The summed E-state index contributed by atoms with van der Waals surface area (Å²) < 4.78 is 5.54. The van der Waals surface area contributed by atoms with Crippen molar-refractivity contribution >= 4 is 28.6 Å². The molecular formula is C27H34N4O4. The summed E-state index contributed by atoms with van der Waals surface area (Å²) in [6.45, 7) is 5.10. The molecule has 4 amide bonds. The van der Waals surface area contributed by atoms with Crippen molar-refractivity contribution in [1.29, 1.82) is 0 Å². The van der Waals surface area contributed by atoms with Gasteiger partial charge in [0.25, 0.3) is 5.91 Å². The number of imide groups is 1. The monoisotopic (exact) mass is 478 g/mol. The number of urea groups is 1. The molecule has 1 atom stereocenters. The van der Waals surface area contributed by atoms with Crippen LogP contribution in [0.15, 0.2) is 42.5 Å². The highest BCUT2D eigenvalue weighted by Gasteiger charge is 2.49. The molecule has 2 aromatic carbocycles. The molecule has 1 unspecified atom stereocenters. The van der Waals surface area contributed by atoms with Gasteiger partial charge < -0.3 is 15.4 Å². The van der Waals surface area contributed by atoms with Crippen LogP contribution >= 0.6 is 0 Å². The second-order valence-corrected chi connectivity index (χ2v) is 10.2. The molecule has 35 heavy (non-hydrogen) atoms. The number of rotatable bonds is 6. The third-order valence-corrected chi connectivity index (χ3v) is 7.98. The topological polar surface area (TPSA) is 91.0 Å². The number of benzene rings is 2. The number of carbonyl (C=O) groups is 3. The molecule has 8 heteroatoms. The first-order valence-electron chi connectivity index (χ1n) is 12.6. The Bertz CT molecular complexity index is 1120. The molecule has 1 aliphatic carbocycles. The van der Waals surface area contributed by atoms with Gasteiger partial charge in [-0.15, -0.1) is 0 Å². The lowest BCUT2D eigenvalue weighted by Crippen LogP contribution is -2.60. The number of hydrogen-bond donors (Lipinski definition) is 2. The Balaban J connectivity index is 1.26. The Hall–Kier alpha value is -2.97. The summed E-state index contributed by atoms with van der Waals surface area (Å²) in [5.41, 5.74) is -0.583. The molecule has 2 saturated heterocycles. The number of amides is 4. The first-order valence-corrected chi connectivity index (χ1v) is 12.6. The van der Waals surface area contributed by atoms with Gasteiger partial charge in [0, 0.05) is 25.2 Å². The zero-order chi connectivity index (χ0) is 24.5. The maximum atomic E-state index is 13.4. The second kappa shape index (κ2) is 9.59. The van der Waals surface area contributed by atoms with Gasteiger partial charge in [0.05, 0.1) is 13.2 Å². The summed E-state index contributed by atoms with van der Waals surface area (Å²) in [5.74, 6) is -0.719. The van der Waals surface area contributed by atoms with Crippen LogP contribution in [0.1, 0.15) is 44.6 Å². The Labute approximate surface area is 206 Å². The van der Waals surface area contributed by atoms with Crippen LogP contribution in [0, 0.1) is 0 Å². The van der Waals surface area contributed by atoms with Crippen molar-refractivity contribution in [3.05, 3.63) is 48.0 Å². The van der Waals surface area contributed by atoms with Crippen LogP contribution < -0.4 is 10.6 Å². The fraction of sp³-hybridized carbons (Fsp3) is 0.519. The van der Waals surface area contributed by atoms with Crippen molar-refractivity contribution in [3.8, 4) is 0 Å². The Morgan fingerprint density at radius 1 is 1.03 bits per heavy atom. The Kier molecular flexibility index (Phi) is 6.51. The normalized spacial score (nSPS) is 25.0. The fourth-order valence-corrected chi connectivity index (χ4v) is 5.85. The number of carbonyl (C=O) groups excluding carboxylic acids is 3. The number of ether oxygens (including phenoxy) is 1. The van der Waals surface area contributed by atoms with Crippen LogP contribution in [0.4, 0.5) is 4.79 Å². The molecular weight excluding hydrogens is 444 g/mol. The van der Waals surface area contributed by atoms with Crippen molar-refractivity contribution in [2.45, 2.75) is 50.1 Å². The number of morpholine rings is 1. The van der Waals surface area contributed by atoms with Crippen molar-refractivity contribution in [2.24, 2.45) is 0 Å². The molecule has 0 spiro atoms. The molecule has 0 aromatic heterocycles. The predicted molar refractivity (Wildman–Crippen MR) is 133 cm³/mol. The number of hydrogen-bond acceptors (Lipinski definition) is 5. The summed E-state index contributed by atoms with van der Waals surface area (Å²) >= 11 is 0. The van der Waals surface area contributed by atoms with Crippen LogP contribution in [-0.2, 0) is 19.9 Å². The van der Waals surface area contributed by atoms with Crippen LogP contribution in [-0.4, -0.2) is 72.6 Å². The van der Waals surface area contributed by atoms with E-state index in [1.807, 2.05) is 42.5 Å². The fourth-order valence-electron chi connectivity index (χ4n) is 5.85. The highest BCUT2D eigenvalue weighted by molar-refractivity contribution is 6.09. The minimum atomic E-state index is -1.21. The van der Waals surface area contributed by atoms with E-state index in [0.29, 0.717) is 25.3 Å². The minimum Gasteiger partial charge on any atom is -0.379 e. The van der Waals surface area contributed by atoms with Crippen molar-refractivity contribution in [1.82, 2.24) is 20.4 Å². The predicted octanol–water partition coefficient (Wildman–Crippen LogP) is 2.76. The second-order valence-electron chi connectivity index (χ2n) is 10.2. The smallest absolute Gasteiger partial charge is 0.325 e. The zero-order valence-electron chi connectivity index (χ0n) is 20.3. The van der Waals surface area contributed by atoms with E-state index in [4.69, 9.17) is 4.74 Å². The molecule has 1 saturated carbocycles. The zero-order valence-corrected chi connectivity index (χ0v) is 20.3. The quantitative estimate of drug-likeness (QED) is 0.623. The molecule has 3 fully saturated rings. The van der Waals surface area contributed by atoms with Gasteiger partial charge in [-0.2, -0.15) is 0 Å². The van der Waals surface area contributed by atoms with Gasteiger partial charge in [-0.25, -0.2) is 4.79 Å². The summed E-state index contributed by atoms with van der Waals surface area (Å²) in [4.78, 5) is 42.6. The van der Waals surface area contributed by atoms with Crippen LogP contribution in [0.25, 0.3) is 10.8 Å². The summed E-state index contributed by atoms with van der Waals surface area (Å²) in [7, 11) is 0. The van der Waals surface area contributed by atoms with E-state index in [1.54, 1.807) is 6.92 Å². The van der Waals surface area contributed by atoms with E-state index in [2.05, 4.69) is 15.5 Å². The molecule has 3 aliphatic rings. The van der Waals surface area contributed by atoms with Crippen LogP contribution in [0.2, 0.25) is 0 Å². The van der Waals surface area contributed by atoms with E-state index in [1.165, 1.54) is 6.42 Å². The van der Waals surface area contributed by atoms with Crippen molar-refractivity contribution in [3.63, 3.8) is 0 Å². The molecule has 2 aromatic rings. The molecule has 8 nitrogen and oxygen atoms in total. The lowest BCUT2D eigenvalue weighted by molar-refractivity contribution is -0.135. The molecule has 186 valence electrons. The van der Waals surface area contributed by atoms with Crippen LogP contribution in [0.5, 0.6) is 0 Å². The minimum absolute atomic E-state index is 0.0748. The molecule has 5 rings (SSSR count). The van der Waals surface area contributed by atoms with Gasteiger partial charge in [0.15, 0.2) is 0 Å². The lowest BCUT2D eigenvalue weighted by Gasteiger charge is -2.48. The first kappa shape index (κ1) is 23.8. The van der Waals surface area contributed by atoms with E-state index in [0.717, 1.165) is 54.4 Å². The number of fused-ring (bicyclic) bond motifs is 1. The number of nitrogens with one attached hydrogen (secondary N) is 2. The SMILES string of the molecule is CC1(c2ccc3ccccc3c2)NC(=O)N(CC(=O)NCC2(N3CCOCC3)CCCCC2)C1=O. The Morgan fingerprint density at radius 2 is 1.74 bits per heavy atom. The van der Waals surface area contributed by atoms with Gasteiger partial charge in [-0.3, -0.25) is 19.4 Å². The van der Waals surface area contributed by atoms with Gasteiger partial charge in [0.1, 0.15) is 12.1 Å². The van der Waals surface area contributed by atoms with Gasteiger partial charge in [-0.1, -0.05) is 55.7 Å². The molecule has 2 aliphatic heterocycles. The first-order chi connectivity index (χ1) is 16.9.